The van der Waals surface area contributed by atoms with Gasteiger partial charge < -0.3 is 10.3 Å². The second kappa shape index (κ2) is 8.98. The molecular formula is C24H31N5O. The molecule has 1 atom stereocenters. The fourth-order valence-electron chi connectivity index (χ4n) is 4.12. The van der Waals surface area contributed by atoms with Gasteiger partial charge in [-0.25, -0.2) is 4.98 Å². The van der Waals surface area contributed by atoms with Crippen molar-refractivity contribution in [3.8, 4) is 0 Å². The van der Waals surface area contributed by atoms with Crippen molar-refractivity contribution in [2.75, 3.05) is 31.5 Å². The Balaban J connectivity index is 1.31. The van der Waals surface area contributed by atoms with Crippen LogP contribution in [0.25, 0.3) is 11.0 Å². The molecule has 1 amide bonds. The smallest absolute Gasteiger partial charge is 0.241 e. The van der Waals surface area contributed by atoms with Crippen LogP contribution in [0.4, 0.5) is 5.69 Å². The van der Waals surface area contributed by atoms with Gasteiger partial charge in [0.2, 0.25) is 5.91 Å². The third-order valence-electron chi connectivity index (χ3n) is 5.99. The fraction of sp³-hybridized carbons (Fsp3) is 0.417. The minimum Gasteiger partial charge on any atom is -0.341 e. The van der Waals surface area contributed by atoms with E-state index in [-0.39, 0.29) is 11.9 Å². The molecule has 30 heavy (non-hydrogen) atoms. The number of benzene rings is 2. The largest absolute Gasteiger partial charge is 0.341 e. The lowest BCUT2D eigenvalue weighted by Crippen LogP contribution is -2.52. The van der Waals surface area contributed by atoms with E-state index in [1.165, 1.54) is 5.56 Å². The zero-order valence-corrected chi connectivity index (χ0v) is 18.1. The Morgan fingerprint density at radius 3 is 2.47 bits per heavy atom. The summed E-state index contributed by atoms with van der Waals surface area (Å²) >= 11 is 0. The minimum atomic E-state index is -0.154. The van der Waals surface area contributed by atoms with Crippen molar-refractivity contribution in [2.24, 2.45) is 0 Å². The van der Waals surface area contributed by atoms with Crippen LogP contribution in [-0.4, -0.2) is 57.9 Å². The third kappa shape index (κ3) is 4.55. The highest BCUT2D eigenvalue weighted by molar-refractivity contribution is 5.95. The zero-order valence-electron chi connectivity index (χ0n) is 18.1. The average Bonchev–Trinajstić information content (AvgIpc) is 3.16. The van der Waals surface area contributed by atoms with E-state index < -0.39 is 0 Å². The molecule has 0 radical (unpaired) electrons. The molecular weight excluding hydrogens is 374 g/mol. The van der Waals surface area contributed by atoms with Gasteiger partial charge in [-0.2, -0.15) is 0 Å². The van der Waals surface area contributed by atoms with Gasteiger partial charge >= 0.3 is 0 Å². The van der Waals surface area contributed by atoms with Crippen LogP contribution in [0.3, 0.4) is 0 Å². The Labute approximate surface area is 178 Å². The van der Waals surface area contributed by atoms with E-state index in [4.69, 9.17) is 0 Å². The maximum Gasteiger partial charge on any atom is 0.241 e. The Morgan fingerprint density at radius 1 is 1.03 bits per heavy atom. The number of nitrogens with zero attached hydrogens (tertiary/aromatic N) is 3. The summed E-state index contributed by atoms with van der Waals surface area (Å²) in [6.07, 6.45) is 0. The highest BCUT2D eigenvalue weighted by atomic mass is 16.2. The summed E-state index contributed by atoms with van der Waals surface area (Å²) in [5, 5.41) is 3.15. The molecule has 0 spiro atoms. The van der Waals surface area contributed by atoms with Gasteiger partial charge in [0.05, 0.1) is 23.6 Å². The Bertz CT molecular complexity index is 971. The lowest BCUT2D eigenvalue weighted by atomic mass is 10.0. The zero-order chi connectivity index (χ0) is 21.1. The van der Waals surface area contributed by atoms with Crippen LogP contribution in [0.1, 0.15) is 38.1 Å². The van der Waals surface area contributed by atoms with Crippen LogP contribution in [-0.2, 0) is 11.3 Å². The molecule has 4 rings (SSSR count). The molecule has 2 aromatic carbocycles. The number of piperazine rings is 1. The quantitative estimate of drug-likeness (QED) is 0.654. The van der Waals surface area contributed by atoms with Crippen molar-refractivity contribution in [3.05, 3.63) is 59.9 Å². The van der Waals surface area contributed by atoms with E-state index in [0.717, 1.165) is 55.3 Å². The standard InChI is InChI=1S/C24H31N5O/c1-17(2)19-8-4-5-9-20(19)27-24(30)18(3)29-14-12-28(13-15-29)16-23-25-21-10-6-7-11-22(21)26-23/h4-11,17-18H,12-16H2,1-3H3,(H,25,26)(H,27,30). The van der Waals surface area contributed by atoms with Crippen LogP contribution in [0.15, 0.2) is 48.5 Å². The molecule has 158 valence electrons. The molecule has 1 saturated heterocycles. The van der Waals surface area contributed by atoms with Crippen LogP contribution in [0.5, 0.6) is 0 Å². The van der Waals surface area contributed by atoms with Crippen molar-refractivity contribution in [2.45, 2.75) is 39.3 Å². The number of amides is 1. The normalized spacial score (nSPS) is 16.8. The maximum absolute atomic E-state index is 12.9. The number of rotatable bonds is 6. The van der Waals surface area contributed by atoms with Crippen molar-refractivity contribution < 1.29 is 4.79 Å². The predicted octanol–water partition coefficient (Wildman–Crippen LogP) is 3.83. The highest BCUT2D eigenvalue weighted by Crippen LogP contribution is 2.24. The van der Waals surface area contributed by atoms with E-state index >= 15 is 0 Å². The second-order valence-corrected chi connectivity index (χ2v) is 8.42. The predicted molar refractivity (Wildman–Crippen MR) is 122 cm³/mol. The van der Waals surface area contributed by atoms with Gasteiger partial charge in [-0.15, -0.1) is 0 Å². The van der Waals surface area contributed by atoms with Crippen molar-refractivity contribution in [1.82, 2.24) is 19.8 Å². The number of hydrogen-bond acceptors (Lipinski definition) is 4. The molecule has 1 unspecified atom stereocenters. The molecule has 0 bridgehead atoms. The summed E-state index contributed by atoms with van der Waals surface area (Å²) < 4.78 is 0. The van der Waals surface area contributed by atoms with Gasteiger partial charge in [0.15, 0.2) is 0 Å². The van der Waals surface area contributed by atoms with E-state index in [1.54, 1.807) is 0 Å². The maximum atomic E-state index is 12.9. The summed E-state index contributed by atoms with van der Waals surface area (Å²) in [7, 11) is 0. The van der Waals surface area contributed by atoms with Crippen molar-refractivity contribution in [3.63, 3.8) is 0 Å². The van der Waals surface area contributed by atoms with E-state index in [1.807, 2.05) is 43.3 Å². The summed E-state index contributed by atoms with van der Waals surface area (Å²) in [6, 6.07) is 16.0. The van der Waals surface area contributed by atoms with E-state index in [2.05, 4.69) is 51.1 Å². The highest BCUT2D eigenvalue weighted by Gasteiger charge is 2.26. The Morgan fingerprint density at radius 2 is 1.73 bits per heavy atom. The van der Waals surface area contributed by atoms with Gasteiger partial charge in [-0.05, 0) is 36.6 Å². The number of H-pyrrole nitrogens is 1. The molecule has 1 aromatic heterocycles. The van der Waals surface area contributed by atoms with Gasteiger partial charge in [-0.3, -0.25) is 14.6 Å². The number of carbonyl (C=O) groups is 1. The minimum absolute atomic E-state index is 0.0637. The molecule has 1 fully saturated rings. The first kappa shape index (κ1) is 20.6. The summed E-state index contributed by atoms with van der Waals surface area (Å²) in [5.41, 5.74) is 4.19. The number of fused-ring (bicyclic) bond motifs is 1. The van der Waals surface area contributed by atoms with E-state index in [0.29, 0.717) is 5.92 Å². The lowest BCUT2D eigenvalue weighted by Gasteiger charge is -2.37. The summed E-state index contributed by atoms with van der Waals surface area (Å²) in [5.74, 6) is 1.44. The second-order valence-electron chi connectivity index (χ2n) is 8.42. The molecule has 1 aliphatic heterocycles. The molecule has 3 aromatic rings. The molecule has 0 aliphatic carbocycles. The molecule has 2 heterocycles. The monoisotopic (exact) mass is 405 g/mol. The van der Waals surface area contributed by atoms with Crippen LogP contribution >= 0.6 is 0 Å². The fourth-order valence-corrected chi connectivity index (χ4v) is 4.12. The van der Waals surface area contributed by atoms with E-state index in [9.17, 15) is 4.79 Å². The molecule has 6 nitrogen and oxygen atoms in total. The summed E-state index contributed by atoms with van der Waals surface area (Å²) in [4.78, 5) is 25.6. The van der Waals surface area contributed by atoms with Crippen LogP contribution in [0.2, 0.25) is 0 Å². The van der Waals surface area contributed by atoms with Gasteiger partial charge in [-0.1, -0.05) is 44.2 Å². The van der Waals surface area contributed by atoms with Gasteiger partial charge in [0.25, 0.3) is 0 Å². The number of para-hydroxylation sites is 3. The van der Waals surface area contributed by atoms with Crippen molar-refractivity contribution in [1.29, 1.82) is 0 Å². The number of anilines is 1. The summed E-state index contributed by atoms with van der Waals surface area (Å²) in [6.45, 7) is 10.7. The number of nitrogens with one attached hydrogen (secondary N) is 2. The number of imidazole rings is 1. The van der Waals surface area contributed by atoms with Gasteiger partial charge in [0.1, 0.15) is 5.82 Å². The third-order valence-corrected chi connectivity index (χ3v) is 5.99. The van der Waals surface area contributed by atoms with Gasteiger partial charge in [0, 0.05) is 31.9 Å². The SMILES string of the molecule is CC(C)c1ccccc1NC(=O)C(C)N1CCN(Cc2nc3ccccc3[nH]2)CC1. The number of hydrogen-bond donors (Lipinski definition) is 2. The average molecular weight is 406 g/mol. The number of carbonyl (C=O) groups excluding carboxylic acids is 1. The molecule has 2 N–H and O–H groups in total. The molecule has 6 heteroatoms. The van der Waals surface area contributed by atoms with Crippen LogP contribution < -0.4 is 5.32 Å². The number of aromatic amines is 1. The first-order chi connectivity index (χ1) is 14.5. The number of aromatic nitrogens is 2. The van der Waals surface area contributed by atoms with Crippen molar-refractivity contribution >= 4 is 22.6 Å². The Hall–Kier alpha value is -2.70. The molecule has 0 saturated carbocycles. The topological polar surface area (TPSA) is 64.3 Å². The van der Waals surface area contributed by atoms with Crippen LogP contribution in [0, 0.1) is 0 Å². The lowest BCUT2D eigenvalue weighted by molar-refractivity contribution is -0.121. The molecule has 1 aliphatic rings. The first-order valence-electron chi connectivity index (χ1n) is 10.8. The Kier molecular flexibility index (Phi) is 6.16. The first-order valence-corrected chi connectivity index (χ1v) is 10.8.